The molecular weight excluding hydrogens is 655 g/mol. The van der Waals surface area contributed by atoms with E-state index in [0.29, 0.717) is 13.0 Å². The fourth-order valence-corrected chi connectivity index (χ4v) is 7.23. The van der Waals surface area contributed by atoms with Crippen LogP contribution in [0.15, 0.2) is 48.6 Å². The number of likely N-dealkylation sites (N-methyl/N-ethyl adjacent to an activating group) is 1. The minimum absolute atomic E-state index is 0.106. The van der Waals surface area contributed by atoms with Crippen LogP contribution < -0.4 is 0 Å². The number of unbranched alkanes of at least 4 members (excludes halogenated alkanes) is 20. The van der Waals surface area contributed by atoms with Gasteiger partial charge in [0.1, 0.15) is 0 Å². The summed E-state index contributed by atoms with van der Waals surface area (Å²) >= 11 is 0. The van der Waals surface area contributed by atoms with Crippen molar-refractivity contribution in [2.24, 2.45) is 0 Å². The molecule has 0 unspecified atom stereocenters. The fourth-order valence-electron chi connectivity index (χ4n) is 7.23. The summed E-state index contributed by atoms with van der Waals surface area (Å²) in [6.45, 7) is 7.16. The van der Waals surface area contributed by atoms with Crippen LogP contribution in [0.3, 0.4) is 0 Å². The van der Waals surface area contributed by atoms with Gasteiger partial charge in [0.2, 0.25) is 0 Å². The maximum atomic E-state index is 11.4. The molecule has 5 nitrogen and oxygen atoms in total. The van der Waals surface area contributed by atoms with Gasteiger partial charge in [-0.3, -0.25) is 4.79 Å². The number of rotatable bonds is 38. The number of carbonyl (C=O) groups excluding carboxylic acids is 1. The van der Waals surface area contributed by atoms with Crippen molar-refractivity contribution in [2.75, 3.05) is 33.9 Å². The molecule has 53 heavy (non-hydrogen) atoms. The Morgan fingerprint density at radius 2 is 1.04 bits per heavy atom. The number of esters is 1. The lowest BCUT2D eigenvalue weighted by Crippen LogP contribution is -2.35. The summed E-state index contributed by atoms with van der Waals surface area (Å²) < 4.78 is 18.1. The molecule has 0 aromatic heterocycles. The molecule has 0 amide bonds. The molecule has 0 spiro atoms. The molecule has 0 saturated carbocycles. The van der Waals surface area contributed by atoms with E-state index < -0.39 is 5.79 Å². The van der Waals surface area contributed by atoms with Gasteiger partial charge in [-0.25, -0.2) is 0 Å². The van der Waals surface area contributed by atoms with Crippen LogP contribution in [0.4, 0.5) is 0 Å². The van der Waals surface area contributed by atoms with Crippen LogP contribution in [0.5, 0.6) is 0 Å². The van der Waals surface area contributed by atoms with Crippen molar-refractivity contribution in [1.29, 1.82) is 0 Å². The summed E-state index contributed by atoms with van der Waals surface area (Å²) in [6, 6.07) is 0. The third kappa shape index (κ3) is 31.2. The Balaban J connectivity index is 2.32. The molecule has 308 valence electrons. The summed E-state index contributed by atoms with van der Waals surface area (Å²) in [5.41, 5.74) is 0. The monoisotopic (exact) mass is 742 g/mol. The number of ether oxygens (including phenoxy) is 3. The van der Waals surface area contributed by atoms with Crippen LogP contribution in [-0.4, -0.2) is 56.6 Å². The van der Waals surface area contributed by atoms with E-state index in [0.717, 1.165) is 58.0 Å². The van der Waals surface area contributed by atoms with Crippen molar-refractivity contribution in [3.05, 3.63) is 48.6 Å². The van der Waals surface area contributed by atoms with Gasteiger partial charge in [-0.05, 0) is 103 Å². The van der Waals surface area contributed by atoms with Gasteiger partial charge < -0.3 is 19.1 Å². The van der Waals surface area contributed by atoms with E-state index in [9.17, 15) is 4.79 Å². The highest BCUT2D eigenvalue weighted by molar-refractivity contribution is 5.68. The maximum Gasteiger partial charge on any atom is 0.305 e. The molecule has 1 fully saturated rings. The van der Waals surface area contributed by atoms with E-state index in [2.05, 4.69) is 74.4 Å². The van der Waals surface area contributed by atoms with Crippen LogP contribution in [-0.2, 0) is 19.0 Å². The van der Waals surface area contributed by atoms with Crippen LogP contribution in [0.1, 0.15) is 206 Å². The highest BCUT2D eigenvalue weighted by Crippen LogP contribution is 2.35. The molecule has 5 heteroatoms. The highest BCUT2D eigenvalue weighted by Gasteiger charge is 2.40. The molecule has 1 aliphatic heterocycles. The molecule has 1 heterocycles. The first-order valence-electron chi connectivity index (χ1n) is 22.7. The van der Waals surface area contributed by atoms with E-state index in [4.69, 9.17) is 14.2 Å². The van der Waals surface area contributed by atoms with E-state index in [-0.39, 0.29) is 12.1 Å². The second-order valence-electron chi connectivity index (χ2n) is 15.8. The van der Waals surface area contributed by atoms with Crippen LogP contribution >= 0.6 is 0 Å². The third-order valence-electron chi connectivity index (χ3n) is 10.6. The Labute approximate surface area is 329 Å². The standard InChI is InChI=1S/C48H87NO4/c1-5-7-9-11-13-15-17-19-21-23-25-27-29-31-33-37-41-48(52-45-46(53-48)44-49(3)43-39-35-36-40-47(50)51-4)42-38-34-32-30-28-26-24-22-20-18-16-14-12-10-8-6-2/h13-16,19-22,46H,5-12,17-18,23-45H2,1-4H3/t46-,48?/m0/s1. The van der Waals surface area contributed by atoms with Crippen LogP contribution in [0.2, 0.25) is 0 Å². The first-order valence-corrected chi connectivity index (χ1v) is 22.7. The van der Waals surface area contributed by atoms with Gasteiger partial charge in [0.15, 0.2) is 5.79 Å². The molecule has 0 bridgehead atoms. The number of hydrogen-bond donors (Lipinski definition) is 0. The summed E-state index contributed by atoms with van der Waals surface area (Å²) in [5.74, 6) is -0.498. The Hall–Kier alpha value is -1.69. The first kappa shape index (κ1) is 49.3. The zero-order valence-electron chi connectivity index (χ0n) is 35.6. The van der Waals surface area contributed by atoms with Crippen molar-refractivity contribution in [2.45, 2.75) is 218 Å². The summed E-state index contributed by atoms with van der Waals surface area (Å²) in [5, 5.41) is 0. The molecule has 0 aromatic rings. The highest BCUT2D eigenvalue weighted by atomic mass is 16.7. The van der Waals surface area contributed by atoms with Gasteiger partial charge in [0, 0.05) is 25.8 Å². The normalized spacial score (nSPS) is 17.9. The van der Waals surface area contributed by atoms with Gasteiger partial charge in [-0.2, -0.15) is 0 Å². The molecule has 1 rings (SSSR count). The third-order valence-corrected chi connectivity index (χ3v) is 10.6. The zero-order chi connectivity index (χ0) is 38.3. The number of hydrogen-bond acceptors (Lipinski definition) is 5. The summed E-state index contributed by atoms with van der Waals surface area (Å²) in [4.78, 5) is 13.8. The fraction of sp³-hybridized carbons (Fsp3) is 0.812. The molecule has 0 N–H and O–H groups in total. The predicted molar refractivity (Wildman–Crippen MR) is 229 cm³/mol. The smallest absolute Gasteiger partial charge is 0.305 e. The Kier molecular flexibility index (Phi) is 34.7. The molecular formula is C48H87NO4. The van der Waals surface area contributed by atoms with Crippen molar-refractivity contribution in [1.82, 2.24) is 4.90 Å². The van der Waals surface area contributed by atoms with Gasteiger partial charge in [-0.1, -0.05) is 146 Å². The van der Waals surface area contributed by atoms with E-state index in [1.54, 1.807) is 0 Å². The Morgan fingerprint density at radius 1 is 0.604 bits per heavy atom. The summed E-state index contributed by atoms with van der Waals surface area (Å²) in [7, 11) is 3.66. The predicted octanol–water partition coefficient (Wildman–Crippen LogP) is 14.2. The van der Waals surface area contributed by atoms with Gasteiger partial charge in [0.05, 0.1) is 19.8 Å². The summed E-state index contributed by atoms with van der Waals surface area (Å²) in [6.07, 6.45) is 55.0. The van der Waals surface area contributed by atoms with Crippen molar-refractivity contribution in [3.63, 3.8) is 0 Å². The van der Waals surface area contributed by atoms with E-state index >= 15 is 0 Å². The number of methoxy groups -OCH3 is 1. The van der Waals surface area contributed by atoms with Crippen LogP contribution in [0.25, 0.3) is 0 Å². The molecule has 0 radical (unpaired) electrons. The number of allylic oxidation sites excluding steroid dienone is 8. The largest absolute Gasteiger partial charge is 0.469 e. The quantitative estimate of drug-likeness (QED) is 0.0358. The molecule has 1 atom stereocenters. The zero-order valence-corrected chi connectivity index (χ0v) is 35.6. The molecule has 1 aliphatic rings. The molecule has 1 saturated heterocycles. The second kappa shape index (κ2) is 37.2. The van der Waals surface area contributed by atoms with E-state index in [1.165, 1.54) is 148 Å². The van der Waals surface area contributed by atoms with Crippen molar-refractivity contribution < 1.29 is 19.0 Å². The first-order chi connectivity index (χ1) is 26.0. The molecule has 0 aromatic carbocycles. The van der Waals surface area contributed by atoms with Crippen molar-refractivity contribution >= 4 is 5.97 Å². The van der Waals surface area contributed by atoms with E-state index in [1.807, 2.05) is 0 Å². The Morgan fingerprint density at radius 3 is 1.51 bits per heavy atom. The lowest BCUT2D eigenvalue weighted by atomic mass is 9.98. The van der Waals surface area contributed by atoms with Gasteiger partial charge >= 0.3 is 5.97 Å². The Bertz CT molecular complexity index is 877. The topological polar surface area (TPSA) is 48.0 Å². The van der Waals surface area contributed by atoms with Crippen LogP contribution in [0, 0.1) is 0 Å². The van der Waals surface area contributed by atoms with Gasteiger partial charge in [0.25, 0.3) is 0 Å². The van der Waals surface area contributed by atoms with Gasteiger partial charge in [-0.15, -0.1) is 0 Å². The number of carbonyl (C=O) groups is 1. The SMILES string of the molecule is CCCCCC=CCC=CCCCCCCCCC1(CCCCCCCCC=CCC=CCCCCC)OC[C@H](CN(C)CCCCCC(=O)OC)O1. The average molecular weight is 742 g/mol. The minimum atomic E-state index is -0.392. The van der Waals surface area contributed by atoms with Crippen molar-refractivity contribution in [3.8, 4) is 0 Å². The minimum Gasteiger partial charge on any atom is -0.469 e. The molecule has 0 aliphatic carbocycles. The maximum absolute atomic E-state index is 11.4. The number of nitrogens with zero attached hydrogens (tertiary/aromatic N) is 1. The lowest BCUT2D eigenvalue weighted by Gasteiger charge is -2.29. The average Bonchev–Trinajstić information content (AvgIpc) is 3.56. The second-order valence-corrected chi connectivity index (χ2v) is 15.8. The lowest BCUT2D eigenvalue weighted by molar-refractivity contribution is -0.180.